The van der Waals surface area contributed by atoms with Crippen molar-refractivity contribution in [2.45, 2.75) is 70.0 Å². The van der Waals surface area contributed by atoms with Crippen LogP contribution in [0.2, 0.25) is 0 Å². The van der Waals surface area contributed by atoms with Gasteiger partial charge in [-0.15, -0.1) is 0 Å². The van der Waals surface area contributed by atoms with Crippen molar-refractivity contribution in [3.05, 3.63) is 47.5 Å². The van der Waals surface area contributed by atoms with Crippen LogP contribution in [0.1, 0.15) is 62.2 Å². The number of amides is 1. The third-order valence-corrected chi connectivity index (χ3v) is 6.25. The molecular formula is C26H32N6O5. The molecule has 11 nitrogen and oxygen atoms in total. The number of imidazole rings is 1. The van der Waals surface area contributed by atoms with Crippen LogP contribution in [0.15, 0.2) is 30.6 Å². The zero-order valence-electron chi connectivity index (χ0n) is 20.9. The summed E-state index contributed by atoms with van der Waals surface area (Å²) in [5.41, 5.74) is 10.7. The number of hydrogen-bond donors (Lipinski definition) is 4. The minimum absolute atomic E-state index is 0.0232. The highest BCUT2D eigenvalue weighted by molar-refractivity contribution is 5.83. The number of nitrogens with zero attached hydrogens (tertiary/aromatic N) is 4. The number of nitrogens with one attached hydrogen (secondary N) is 1. The first kappa shape index (κ1) is 26.5. The van der Waals surface area contributed by atoms with Crippen LogP contribution in [-0.4, -0.2) is 61.1 Å². The van der Waals surface area contributed by atoms with E-state index in [2.05, 4.69) is 51.3 Å². The summed E-state index contributed by atoms with van der Waals surface area (Å²) >= 11 is 0. The van der Waals surface area contributed by atoms with E-state index in [0.29, 0.717) is 17.0 Å². The Labute approximate surface area is 215 Å². The van der Waals surface area contributed by atoms with Gasteiger partial charge in [0, 0.05) is 12.0 Å². The van der Waals surface area contributed by atoms with E-state index in [4.69, 9.17) is 15.3 Å². The number of aliphatic hydroxyl groups excluding tert-OH is 2. The summed E-state index contributed by atoms with van der Waals surface area (Å²) in [6, 6.07) is 8.11. The van der Waals surface area contributed by atoms with Gasteiger partial charge < -0.3 is 20.7 Å². The largest absolute Gasteiger partial charge is 0.388 e. The van der Waals surface area contributed by atoms with E-state index in [1.54, 1.807) is 0 Å². The molecule has 0 unspecified atom stereocenters. The van der Waals surface area contributed by atoms with Crippen LogP contribution in [0.3, 0.4) is 0 Å². The minimum atomic E-state index is -1.27. The number of aryl methyl sites for hydroxylation is 1. The van der Waals surface area contributed by atoms with Gasteiger partial charge in [0.1, 0.15) is 12.2 Å². The average Bonchev–Trinajstić information content (AvgIpc) is 3.43. The number of rotatable bonds is 10. The standard InChI is InChI=1S/C26H32N6O5/c1-3-4-5-6-16-7-9-17(10-8-16)11-14-20-29-24(31-36-2)21-25(30-20)32(15-28-21)26-23(35)22(34)18(37-26)12-13-19(27)33/h7-10,15,18,22-23,26,34-35H,3-6,12-13H2,1-2H3,(H2,27,33)(H,29,30,31)/t18-,22+,23+,26+/m0/s1. The Morgan fingerprint density at radius 1 is 1.19 bits per heavy atom. The molecule has 5 N–H and O–H groups in total. The Morgan fingerprint density at radius 2 is 1.97 bits per heavy atom. The molecule has 0 spiro atoms. The van der Waals surface area contributed by atoms with Gasteiger partial charge in [0.2, 0.25) is 11.7 Å². The van der Waals surface area contributed by atoms with Gasteiger partial charge in [-0.1, -0.05) is 37.8 Å². The lowest BCUT2D eigenvalue weighted by molar-refractivity contribution is -0.119. The van der Waals surface area contributed by atoms with Gasteiger partial charge in [0.15, 0.2) is 23.2 Å². The number of aliphatic hydroxyl groups is 2. The van der Waals surface area contributed by atoms with Gasteiger partial charge in [-0.25, -0.2) is 15.4 Å². The normalized spacial score (nSPS) is 21.1. The van der Waals surface area contributed by atoms with E-state index in [0.717, 1.165) is 12.0 Å². The molecule has 11 heteroatoms. The van der Waals surface area contributed by atoms with E-state index >= 15 is 0 Å². The molecule has 4 rings (SSSR count). The number of benzene rings is 1. The van der Waals surface area contributed by atoms with Gasteiger partial charge in [-0.3, -0.25) is 14.2 Å². The van der Waals surface area contributed by atoms with E-state index < -0.39 is 30.4 Å². The predicted molar refractivity (Wildman–Crippen MR) is 136 cm³/mol. The highest BCUT2D eigenvalue weighted by atomic mass is 16.6. The molecular weight excluding hydrogens is 476 g/mol. The van der Waals surface area contributed by atoms with E-state index in [-0.39, 0.29) is 18.7 Å². The lowest BCUT2D eigenvalue weighted by atomic mass is 10.1. The highest BCUT2D eigenvalue weighted by Crippen LogP contribution is 2.34. The van der Waals surface area contributed by atoms with Crippen LogP contribution in [0.5, 0.6) is 0 Å². The van der Waals surface area contributed by atoms with Crippen LogP contribution in [0, 0.1) is 11.8 Å². The van der Waals surface area contributed by atoms with Gasteiger partial charge in [-0.2, -0.15) is 4.98 Å². The quantitative estimate of drug-likeness (QED) is 0.182. The van der Waals surface area contributed by atoms with Gasteiger partial charge in [-0.05, 0) is 42.9 Å². The molecule has 1 aliphatic rings. The summed E-state index contributed by atoms with van der Waals surface area (Å²) in [4.78, 5) is 29.5. The summed E-state index contributed by atoms with van der Waals surface area (Å²) < 4.78 is 7.38. The molecule has 1 aromatic carbocycles. The minimum Gasteiger partial charge on any atom is -0.388 e. The number of carbonyl (C=O) groups excluding carboxylic acids is 1. The van der Waals surface area contributed by atoms with Crippen molar-refractivity contribution < 1.29 is 24.6 Å². The fourth-order valence-corrected chi connectivity index (χ4v) is 4.27. The van der Waals surface area contributed by atoms with Crippen molar-refractivity contribution in [3.63, 3.8) is 0 Å². The highest BCUT2D eigenvalue weighted by Gasteiger charge is 2.44. The molecule has 0 aliphatic carbocycles. The summed E-state index contributed by atoms with van der Waals surface area (Å²) in [5.74, 6) is 6.05. The first-order chi connectivity index (χ1) is 17.9. The second kappa shape index (κ2) is 12.1. The predicted octanol–water partition coefficient (Wildman–Crippen LogP) is 1.82. The Bertz CT molecular complexity index is 1280. The Morgan fingerprint density at radius 3 is 2.68 bits per heavy atom. The molecule has 0 saturated carbocycles. The van der Waals surface area contributed by atoms with E-state index in [9.17, 15) is 15.0 Å². The molecule has 0 radical (unpaired) electrons. The maximum Gasteiger partial charge on any atom is 0.217 e. The summed E-state index contributed by atoms with van der Waals surface area (Å²) in [6.45, 7) is 2.19. The molecule has 37 heavy (non-hydrogen) atoms. The van der Waals surface area contributed by atoms with Crippen molar-refractivity contribution in [3.8, 4) is 11.8 Å². The van der Waals surface area contributed by atoms with Crippen molar-refractivity contribution in [2.24, 2.45) is 5.73 Å². The first-order valence-electron chi connectivity index (χ1n) is 12.4. The Hall–Kier alpha value is -3.56. The molecule has 1 fully saturated rings. The summed E-state index contributed by atoms with van der Waals surface area (Å²) in [6.07, 6.45) is 2.03. The van der Waals surface area contributed by atoms with Crippen LogP contribution in [0.4, 0.5) is 5.82 Å². The van der Waals surface area contributed by atoms with Crippen LogP contribution in [-0.2, 0) is 20.8 Å². The molecule has 2 aromatic heterocycles. The number of carbonyl (C=O) groups is 1. The lowest BCUT2D eigenvalue weighted by Crippen LogP contribution is -2.32. The monoisotopic (exact) mass is 508 g/mol. The van der Waals surface area contributed by atoms with Crippen molar-refractivity contribution >= 4 is 22.9 Å². The number of hydrogen-bond acceptors (Lipinski definition) is 9. The number of nitrogens with two attached hydrogens (primary N) is 1. The maximum absolute atomic E-state index is 11.2. The van der Waals surface area contributed by atoms with Gasteiger partial charge in [0.05, 0.1) is 19.5 Å². The number of ether oxygens (including phenoxy) is 1. The second-order valence-electron chi connectivity index (χ2n) is 8.98. The van der Waals surface area contributed by atoms with Crippen LogP contribution < -0.4 is 11.2 Å². The fraction of sp³-hybridized carbons (Fsp3) is 0.462. The van der Waals surface area contributed by atoms with E-state index in [1.165, 1.54) is 42.8 Å². The molecule has 196 valence electrons. The molecule has 1 amide bonds. The van der Waals surface area contributed by atoms with E-state index in [1.807, 2.05) is 12.1 Å². The Balaban J connectivity index is 1.61. The summed E-state index contributed by atoms with van der Waals surface area (Å²) in [5, 5.41) is 21.1. The van der Waals surface area contributed by atoms with Gasteiger partial charge >= 0.3 is 0 Å². The van der Waals surface area contributed by atoms with Crippen molar-refractivity contribution in [1.29, 1.82) is 0 Å². The molecule has 3 aromatic rings. The first-order valence-corrected chi connectivity index (χ1v) is 12.4. The van der Waals surface area contributed by atoms with Gasteiger partial charge in [0.25, 0.3) is 0 Å². The molecule has 1 saturated heterocycles. The van der Waals surface area contributed by atoms with Crippen LogP contribution >= 0.6 is 0 Å². The SMILES string of the molecule is CCCCCc1ccc(C#Cc2nc(NOC)c3ncn([C@@H]4O[C@@H](CCC(N)=O)[C@@H](O)[C@H]4O)c3n2)cc1. The lowest BCUT2D eigenvalue weighted by Gasteiger charge is -2.16. The third kappa shape index (κ3) is 6.23. The average molecular weight is 509 g/mol. The number of primary amides is 1. The number of unbranched alkanes of at least 4 members (excludes halogenated alkanes) is 2. The topological polar surface area (TPSA) is 158 Å². The molecule has 0 bridgehead atoms. The fourth-order valence-electron chi connectivity index (χ4n) is 4.27. The van der Waals surface area contributed by atoms with Crippen molar-refractivity contribution in [1.82, 2.24) is 19.5 Å². The van der Waals surface area contributed by atoms with Crippen molar-refractivity contribution in [2.75, 3.05) is 12.6 Å². The summed E-state index contributed by atoms with van der Waals surface area (Å²) in [7, 11) is 1.45. The maximum atomic E-state index is 11.2. The third-order valence-electron chi connectivity index (χ3n) is 6.25. The zero-order chi connectivity index (χ0) is 26.4. The smallest absolute Gasteiger partial charge is 0.217 e. The zero-order valence-corrected chi connectivity index (χ0v) is 20.9. The molecule has 1 aliphatic heterocycles. The number of anilines is 1. The number of aromatic nitrogens is 4. The second-order valence-corrected chi connectivity index (χ2v) is 8.98. The van der Waals surface area contributed by atoms with Crippen LogP contribution in [0.25, 0.3) is 11.2 Å². The molecule has 4 atom stereocenters. The number of fused-ring (bicyclic) bond motifs is 1. The Kier molecular flexibility index (Phi) is 8.68. The molecule has 3 heterocycles.